The first-order valence-electron chi connectivity index (χ1n) is 8.90. The summed E-state index contributed by atoms with van der Waals surface area (Å²) in [5.41, 5.74) is 1.03. The molecule has 0 atom stereocenters. The molecule has 9 heteroatoms. The van der Waals surface area contributed by atoms with Gasteiger partial charge >= 0.3 is 6.18 Å². The van der Waals surface area contributed by atoms with Gasteiger partial charge in [-0.05, 0) is 29.8 Å². The third-order valence-corrected chi connectivity index (χ3v) is 4.33. The van der Waals surface area contributed by atoms with Crippen molar-refractivity contribution >= 4 is 5.96 Å². The van der Waals surface area contributed by atoms with Crippen molar-refractivity contribution in [2.24, 2.45) is 4.99 Å². The molecule has 0 aliphatic heterocycles. The molecule has 0 aliphatic carbocycles. The van der Waals surface area contributed by atoms with Gasteiger partial charge in [0.05, 0.1) is 12.1 Å². The van der Waals surface area contributed by atoms with Crippen LogP contribution < -0.4 is 5.32 Å². The van der Waals surface area contributed by atoms with Crippen LogP contribution in [0.5, 0.6) is 0 Å². The number of aromatic nitrogens is 3. The van der Waals surface area contributed by atoms with Crippen LogP contribution in [0.4, 0.5) is 13.2 Å². The molecule has 0 saturated carbocycles. The smallest absolute Gasteiger partial charge is 0.349 e. The molecule has 3 rings (SSSR count). The zero-order chi connectivity index (χ0) is 20.9. The number of halogens is 3. The van der Waals surface area contributed by atoms with E-state index in [1.54, 1.807) is 13.4 Å². The molecule has 1 aromatic heterocycles. The fourth-order valence-electron chi connectivity index (χ4n) is 2.87. The zero-order valence-electron chi connectivity index (χ0n) is 16.1. The first-order valence-corrected chi connectivity index (χ1v) is 8.90. The van der Waals surface area contributed by atoms with Gasteiger partial charge < -0.3 is 10.2 Å². The summed E-state index contributed by atoms with van der Waals surface area (Å²) in [6.45, 7) is 0.794. The predicted octanol–water partition coefficient (Wildman–Crippen LogP) is 3.49. The zero-order valence-corrected chi connectivity index (χ0v) is 16.1. The van der Waals surface area contributed by atoms with Crippen molar-refractivity contribution in [1.29, 1.82) is 0 Å². The fourth-order valence-corrected chi connectivity index (χ4v) is 2.87. The van der Waals surface area contributed by atoms with E-state index in [0.29, 0.717) is 24.9 Å². The summed E-state index contributed by atoms with van der Waals surface area (Å²) >= 11 is 0. The summed E-state index contributed by atoms with van der Waals surface area (Å²) in [6.07, 6.45) is -2.70. The average Bonchev–Trinajstić information content (AvgIpc) is 3.17. The number of para-hydroxylation sites is 1. The number of benzene rings is 2. The molecule has 0 unspecified atom stereocenters. The second-order valence-corrected chi connectivity index (χ2v) is 6.40. The van der Waals surface area contributed by atoms with Gasteiger partial charge in [0.1, 0.15) is 6.33 Å². The lowest BCUT2D eigenvalue weighted by atomic mass is 10.1. The molecule has 0 fully saturated rings. The van der Waals surface area contributed by atoms with E-state index in [4.69, 9.17) is 0 Å². The van der Waals surface area contributed by atoms with Gasteiger partial charge in [0, 0.05) is 26.3 Å². The molecule has 2 aromatic carbocycles. The van der Waals surface area contributed by atoms with Crippen LogP contribution in [0.3, 0.4) is 0 Å². The first-order chi connectivity index (χ1) is 13.9. The van der Waals surface area contributed by atoms with Crippen molar-refractivity contribution in [1.82, 2.24) is 25.0 Å². The second-order valence-electron chi connectivity index (χ2n) is 6.40. The van der Waals surface area contributed by atoms with Crippen LogP contribution in [0, 0.1) is 0 Å². The highest BCUT2D eigenvalue weighted by Crippen LogP contribution is 2.29. The van der Waals surface area contributed by atoms with Gasteiger partial charge in [-0.2, -0.15) is 13.2 Å². The Kier molecular flexibility index (Phi) is 6.16. The maximum absolute atomic E-state index is 12.7. The van der Waals surface area contributed by atoms with Crippen molar-refractivity contribution in [2.75, 3.05) is 14.1 Å². The standard InChI is InChI=1S/C20H21F3N6/c1-24-19(28(2)13-15-8-10-16(11-9-15)20(21,22)23)25-12-18-27-26-14-29(18)17-6-4-3-5-7-17/h3-11,14H,12-13H2,1-2H3,(H,24,25). The molecule has 1 heterocycles. The highest BCUT2D eigenvalue weighted by Gasteiger charge is 2.29. The number of nitrogens with zero attached hydrogens (tertiary/aromatic N) is 5. The Morgan fingerprint density at radius 3 is 2.41 bits per heavy atom. The number of aliphatic imine (C=N–C) groups is 1. The van der Waals surface area contributed by atoms with Gasteiger partial charge in [-0.25, -0.2) is 0 Å². The van der Waals surface area contributed by atoms with E-state index >= 15 is 0 Å². The van der Waals surface area contributed by atoms with E-state index in [2.05, 4.69) is 20.5 Å². The molecule has 0 radical (unpaired) electrons. The normalized spacial score (nSPS) is 12.1. The largest absolute Gasteiger partial charge is 0.416 e. The second kappa shape index (κ2) is 8.76. The molecular formula is C20H21F3N6. The van der Waals surface area contributed by atoms with Crippen LogP contribution in [-0.2, 0) is 19.3 Å². The molecule has 0 amide bonds. The summed E-state index contributed by atoms with van der Waals surface area (Å²) in [4.78, 5) is 6.06. The summed E-state index contributed by atoms with van der Waals surface area (Å²) in [5.74, 6) is 1.30. The van der Waals surface area contributed by atoms with E-state index in [-0.39, 0.29) is 0 Å². The Bertz CT molecular complexity index is 948. The lowest BCUT2D eigenvalue weighted by Gasteiger charge is -2.22. The average molecular weight is 402 g/mol. The summed E-state index contributed by atoms with van der Waals surface area (Å²) in [6, 6.07) is 14.8. The number of alkyl halides is 3. The molecule has 0 bridgehead atoms. The summed E-state index contributed by atoms with van der Waals surface area (Å²) in [5, 5.41) is 11.3. The number of guanidine groups is 1. The van der Waals surface area contributed by atoms with Crippen molar-refractivity contribution in [3.8, 4) is 5.69 Å². The monoisotopic (exact) mass is 402 g/mol. The maximum atomic E-state index is 12.7. The van der Waals surface area contributed by atoms with Crippen LogP contribution in [-0.4, -0.2) is 39.7 Å². The minimum absolute atomic E-state index is 0.388. The quantitative estimate of drug-likeness (QED) is 0.524. The van der Waals surface area contributed by atoms with Crippen LogP contribution >= 0.6 is 0 Å². The summed E-state index contributed by atoms with van der Waals surface area (Å²) < 4.78 is 40.0. The molecule has 0 spiro atoms. The van der Waals surface area contributed by atoms with Crippen molar-refractivity contribution in [3.63, 3.8) is 0 Å². The lowest BCUT2D eigenvalue weighted by Crippen LogP contribution is -2.38. The van der Waals surface area contributed by atoms with Crippen LogP contribution in [0.25, 0.3) is 5.69 Å². The van der Waals surface area contributed by atoms with Gasteiger partial charge in [-0.3, -0.25) is 9.56 Å². The fraction of sp³-hybridized carbons (Fsp3) is 0.250. The molecule has 6 nitrogen and oxygen atoms in total. The highest BCUT2D eigenvalue weighted by atomic mass is 19.4. The minimum Gasteiger partial charge on any atom is -0.349 e. The maximum Gasteiger partial charge on any atom is 0.416 e. The van der Waals surface area contributed by atoms with Crippen molar-refractivity contribution < 1.29 is 13.2 Å². The predicted molar refractivity (Wildman–Crippen MR) is 104 cm³/mol. The van der Waals surface area contributed by atoms with E-state index in [1.165, 1.54) is 12.1 Å². The van der Waals surface area contributed by atoms with E-state index in [1.807, 2.05) is 46.8 Å². The Morgan fingerprint density at radius 2 is 1.79 bits per heavy atom. The molecule has 152 valence electrons. The van der Waals surface area contributed by atoms with Gasteiger partial charge in [-0.15, -0.1) is 10.2 Å². The number of hydrogen-bond acceptors (Lipinski definition) is 3. The Morgan fingerprint density at radius 1 is 1.10 bits per heavy atom. The Hall–Kier alpha value is -3.36. The lowest BCUT2D eigenvalue weighted by molar-refractivity contribution is -0.137. The van der Waals surface area contributed by atoms with Crippen LogP contribution in [0.1, 0.15) is 17.0 Å². The van der Waals surface area contributed by atoms with E-state index in [9.17, 15) is 13.2 Å². The van der Waals surface area contributed by atoms with Gasteiger partial charge in [0.15, 0.2) is 11.8 Å². The van der Waals surface area contributed by atoms with Gasteiger partial charge in [0.2, 0.25) is 0 Å². The first kappa shape index (κ1) is 20.4. The molecule has 0 aliphatic rings. The van der Waals surface area contributed by atoms with E-state index in [0.717, 1.165) is 23.4 Å². The molecule has 3 aromatic rings. The van der Waals surface area contributed by atoms with Crippen molar-refractivity contribution in [2.45, 2.75) is 19.3 Å². The minimum atomic E-state index is -4.34. The third kappa shape index (κ3) is 5.13. The number of rotatable bonds is 5. The molecular weight excluding hydrogens is 381 g/mol. The number of nitrogens with one attached hydrogen (secondary N) is 1. The Labute approximate surface area is 166 Å². The SMILES string of the molecule is CN=C(NCc1nncn1-c1ccccc1)N(C)Cc1ccc(C(F)(F)F)cc1. The topological polar surface area (TPSA) is 58.3 Å². The van der Waals surface area contributed by atoms with Crippen molar-refractivity contribution in [3.05, 3.63) is 77.9 Å². The molecule has 0 saturated heterocycles. The third-order valence-electron chi connectivity index (χ3n) is 4.33. The van der Waals surface area contributed by atoms with E-state index < -0.39 is 11.7 Å². The number of hydrogen-bond donors (Lipinski definition) is 1. The van der Waals surface area contributed by atoms with Crippen LogP contribution in [0.2, 0.25) is 0 Å². The molecule has 1 N–H and O–H groups in total. The molecule has 29 heavy (non-hydrogen) atoms. The summed E-state index contributed by atoms with van der Waals surface area (Å²) in [7, 11) is 3.46. The Balaban J connectivity index is 1.63. The highest BCUT2D eigenvalue weighted by molar-refractivity contribution is 5.79. The van der Waals surface area contributed by atoms with Gasteiger partial charge in [0.25, 0.3) is 0 Å². The van der Waals surface area contributed by atoms with Gasteiger partial charge in [-0.1, -0.05) is 30.3 Å². The van der Waals surface area contributed by atoms with Crippen LogP contribution in [0.15, 0.2) is 65.9 Å².